The molecule has 9 heteroatoms. The Bertz CT molecular complexity index is 1090. The third kappa shape index (κ3) is 4.35. The van der Waals surface area contributed by atoms with Gasteiger partial charge in [-0.1, -0.05) is 30.3 Å². The van der Waals surface area contributed by atoms with Gasteiger partial charge in [0.05, 0.1) is 5.56 Å². The van der Waals surface area contributed by atoms with E-state index in [2.05, 4.69) is 4.72 Å². The summed E-state index contributed by atoms with van der Waals surface area (Å²) in [6, 6.07) is 10.5. The summed E-state index contributed by atoms with van der Waals surface area (Å²) < 4.78 is 56.5. The van der Waals surface area contributed by atoms with Gasteiger partial charge < -0.3 is 4.90 Å². The predicted octanol–water partition coefficient (Wildman–Crippen LogP) is 2.73. The molecule has 2 fully saturated rings. The maximum atomic E-state index is 14.4. The second-order valence-electron chi connectivity index (χ2n) is 8.31. The Labute approximate surface area is 181 Å². The van der Waals surface area contributed by atoms with Gasteiger partial charge in [0.1, 0.15) is 11.6 Å². The van der Waals surface area contributed by atoms with E-state index in [1.165, 1.54) is 32.3 Å². The lowest BCUT2D eigenvalue weighted by atomic mass is 9.95. The maximum Gasteiger partial charge on any atom is 0.279 e. The number of hydrogen-bond donors (Lipinski definition) is 1. The smallest absolute Gasteiger partial charge is 0.279 e. The highest BCUT2D eigenvalue weighted by molar-refractivity contribution is 7.87. The van der Waals surface area contributed by atoms with E-state index >= 15 is 0 Å². The Balaban J connectivity index is 1.48. The molecule has 3 atom stereocenters. The summed E-state index contributed by atoms with van der Waals surface area (Å²) in [7, 11) is -0.661. The summed E-state index contributed by atoms with van der Waals surface area (Å²) in [6.07, 6.45) is 1.16. The van der Waals surface area contributed by atoms with Crippen molar-refractivity contribution in [1.29, 1.82) is 0 Å². The number of nitrogens with zero attached hydrogens (tertiary/aromatic N) is 2. The van der Waals surface area contributed by atoms with Crippen molar-refractivity contribution in [2.45, 2.75) is 24.8 Å². The lowest BCUT2D eigenvalue weighted by Crippen LogP contribution is -2.44. The zero-order valence-corrected chi connectivity index (χ0v) is 18.2. The highest BCUT2D eigenvalue weighted by Gasteiger charge is 2.48. The maximum absolute atomic E-state index is 14.4. The van der Waals surface area contributed by atoms with Gasteiger partial charge in [-0.25, -0.2) is 8.78 Å². The van der Waals surface area contributed by atoms with E-state index in [0.717, 1.165) is 9.87 Å². The van der Waals surface area contributed by atoms with Gasteiger partial charge >= 0.3 is 0 Å². The van der Waals surface area contributed by atoms with Gasteiger partial charge in [0.25, 0.3) is 10.2 Å². The van der Waals surface area contributed by atoms with Crippen molar-refractivity contribution in [3.63, 3.8) is 0 Å². The number of amides is 1. The molecule has 2 aromatic carbocycles. The first-order valence-electron chi connectivity index (χ1n) is 10.2. The largest absolute Gasteiger partial charge is 0.341 e. The molecule has 1 heterocycles. The van der Waals surface area contributed by atoms with Crippen molar-refractivity contribution in [2.75, 3.05) is 27.2 Å². The molecule has 0 spiro atoms. The van der Waals surface area contributed by atoms with Crippen molar-refractivity contribution in [3.8, 4) is 11.1 Å². The van der Waals surface area contributed by atoms with Crippen LogP contribution in [0.15, 0.2) is 42.5 Å². The fraction of sp³-hybridized carbons (Fsp3) is 0.409. The van der Waals surface area contributed by atoms with E-state index in [0.29, 0.717) is 31.5 Å². The molecule has 0 bridgehead atoms. The molecule has 1 amide bonds. The first kappa shape index (κ1) is 21.9. The quantitative estimate of drug-likeness (QED) is 0.737. The lowest BCUT2D eigenvalue weighted by Gasteiger charge is -2.19. The Morgan fingerprint density at radius 3 is 2.45 bits per heavy atom. The second-order valence-corrected chi connectivity index (χ2v) is 10.2. The standard InChI is InChI=1S/C22H25F2N3O3S/c1-26(2)31(29,30)25-14-10-11-27(13-14)22(28)18-12-17(18)15-6-3-4-7-16(15)21-19(23)8-5-9-20(21)24/h3-9,14,17-18,25H,10-13H2,1-2H3/t14-,17+,18-/m1/s1. The van der Waals surface area contributed by atoms with Crippen molar-refractivity contribution in [2.24, 2.45) is 5.92 Å². The van der Waals surface area contributed by atoms with E-state index in [1.54, 1.807) is 23.1 Å². The summed E-state index contributed by atoms with van der Waals surface area (Å²) in [5.41, 5.74) is 1.15. The first-order valence-corrected chi connectivity index (χ1v) is 11.6. The van der Waals surface area contributed by atoms with Crippen molar-refractivity contribution < 1.29 is 22.0 Å². The number of carbonyl (C=O) groups is 1. The number of halogens is 2. The Morgan fingerprint density at radius 2 is 1.77 bits per heavy atom. The molecule has 166 valence electrons. The molecular formula is C22H25F2N3O3S. The van der Waals surface area contributed by atoms with Crippen molar-refractivity contribution in [1.82, 2.24) is 13.9 Å². The zero-order valence-electron chi connectivity index (χ0n) is 17.4. The van der Waals surface area contributed by atoms with Gasteiger partial charge in [-0.05, 0) is 42.0 Å². The Hall–Kier alpha value is -2.36. The highest BCUT2D eigenvalue weighted by Crippen LogP contribution is 2.51. The van der Waals surface area contributed by atoms with Gasteiger partial charge in [-0.15, -0.1) is 0 Å². The minimum Gasteiger partial charge on any atom is -0.341 e. The third-order valence-electron chi connectivity index (χ3n) is 6.00. The van der Waals surface area contributed by atoms with Crippen LogP contribution in [0.2, 0.25) is 0 Å². The first-order chi connectivity index (χ1) is 14.7. The summed E-state index contributed by atoms with van der Waals surface area (Å²) in [5.74, 6) is -1.68. The normalized spacial score (nSPS) is 23.4. The van der Waals surface area contributed by atoms with Gasteiger partial charge in [-0.3, -0.25) is 4.79 Å². The molecule has 1 N–H and O–H groups in total. The van der Waals surface area contributed by atoms with Crippen LogP contribution < -0.4 is 4.72 Å². The van der Waals surface area contributed by atoms with E-state index in [1.807, 2.05) is 6.07 Å². The van der Waals surface area contributed by atoms with E-state index in [9.17, 15) is 22.0 Å². The molecule has 0 unspecified atom stereocenters. The summed E-state index contributed by atoms with van der Waals surface area (Å²) >= 11 is 0. The number of carbonyl (C=O) groups excluding carboxylic acids is 1. The topological polar surface area (TPSA) is 69.7 Å². The Kier molecular flexibility index (Phi) is 5.85. The van der Waals surface area contributed by atoms with Crippen LogP contribution in [0.5, 0.6) is 0 Å². The van der Waals surface area contributed by atoms with Crippen molar-refractivity contribution in [3.05, 3.63) is 59.7 Å². The lowest BCUT2D eigenvalue weighted by molar-refractivity contribution is -0.131. The van der Waals surface area contributed by atoms with Crippen LogP contribution in [0.3, 0.4) is 0 Å². The van der Waals surface area contributed by atoms with Crippen LogP contribution in [0.25, 0.3) is 11.1 Å². The molecule has 1 aliphatic heterocycles. The number of nitrogens with one attached hydrogen (secondary N) is 1. The van der Waals surface area contributed by atoms with Gasteiger partial charge in [0, 0.05) is 39.1 Å². The number of benzene rings is 2. The second kappa shape index (κ2) is 8.29. The molecule has 4 rings (SSSR count). The Morgan fingerprint density at radius 1 is 1.10 bits per heavy atom. The monoisotopic (exact) mass is 449 g/mol. The summed E-state index contributed by atoms with van der Waals surface area (Å²) in [5, 5.41) is 0. The molecule has 2 aromatic rings. The number of rotatable bonds is 6. The van der Waals surface area contributed by atoms with Crippen LogP contribution in [-0.4, -0.2) is 56.8 Å². The zero-order chi connectivity index (χ0) is 22.3. The fourth-order valence-electron chi connectivity index (χ4n) is 4.22. The molecule has 6 nitrogen and oxygen atoms in total. The van der Waals surface area contributed by atoms with Gasteiger partial charge in [0.2, 0.25) is 5.91 Å². The summed E-state index contributed by atoms with van der Waals surface area (Å²) in [6.45, 7) is 0.797. The van der Waals surface area contributed by atoms with Crippen LogP contribution in [0.4, 0.5) is 8.78 Å². The van der Waals surface area contributed by atoms with E-state index < -0.39 is 21.8 Å². The van der Waals surface area contributed by atoms with Gasteiger partial charge in [-0.2, -0.15) is 17.4 Å². The van der Waals surface area contributed by atoms with E-state index in [-0.39, 0.29) is 29.3 Å². The van der Waals surface area contributed by atoms with Crippen LogP contribution in [-0.2, 0) is 15.0 Å². The van der Waals surface area contributed by atoms with Crippen LogP contribution in [0.1, 0.15) is 24.3 Å². The van der Waals surface area contributed by atoms with E-state index in [4.69, 9.17) is 0 Å². The number of likely N-dealkylation sites (tertiary alicyclic amines) is 1. The van der Waals surface area contributed by atoms with Crippen LogP contribution in [0, 0.1) is 17.6 Å². The molecule has 1 saturated carbocycles. The van der Waals surface area contributed by atoms with Crippen molar-refractivity contribution >= 4 is 16.1 Å². The predicted molar refractivity (Wildman–Crippen MR) is 113 cm³/mol. The minimum atomic E-state index is -3.56. The molecule has 1 aliphatic carbocycles. The SMILES string of the molecule is CN(C)S(=O)(=O)N[C@@H]1CCN(C(=O)[C@@H]2C[C@H]2c2ccccc2-c2c(F)cccc2F)C1. The molecule has 0 radical (unpaired) electrons. The fourth-order valence-corrected chi connectivity index (χ4v) is 5.05. The minimum absolute atomic E-state index is 0.0413. The number of hydrogen-bond acceptors (Lipinski definition) is 3. The molecule has 0 aromatic heterocycles. The molecular weight excluding hydrogens is 424 g/mol. The van der Waals surface area contributed by atoms with Gasteiger partial charge in [0.15, 0.2) is 0 Å². The third-order valence-corrected chi connectivity index (χ3v) is 7.59. The molecule has 31 heavy (non-hydrogen) atoms. The molecule has 1 saturated heterocycles. The van der Waals surface area contributed by atoms with Crippen LogP contribution >= 0.6 is 0 Å². The average Bonchev–Trinajstić information content (AvgIpc) is 3.38. The molecule has 2 aliphatic rings. The summed E-state index contributed by atoms with van der Waals surface area (Å²) in [4.78, 5) is 14.7. The highest BCUT2D eigenvalue weighted by atomic mass is 32.2. The average molecular weight is 450 g/mol.